The van der Waals surface area contributed by atoms with Gasteiger partial charge in [0, 0.05) is 12.4 Å². The highest BCUT2D eigenvalue weighted by atomic mass is 35.5. The fraction of sp³-hybridized carbons (Fsp3) is 0.231. The maximum absolute atomic E-state index is 11.9. The molecule has 94 valence electrons. The van der Waals surface area contributed by atoms with Gasteiger partial charge in [-0.1, -0.05) is 24.3 Å². The van der Waals surface area contributed by atoms with Gasteiger partial charge >= 0.3 is 0 Å². The van der Waals surface area contributed by atoms with Gasteiger partial charge in [0.1, 0.15) is 4.88 Å². The zero-order valence-electron chi connectivity index (χ0n) is 9.94. The van der Waals surface area contributed by atoms with Crippen LogP contribution in [-0.2, 0) is 12.4 Å². The summed E-state index contributed by atoms with van der Waals surface area (Å²) in [5, 5.41) is 2.88. The van der Waals surface area contributed by atoms with Crippen molar-refractivity contribution in [3.05, 3.63) is 51.5 Å². The van der Waals surface area contributed by atoms with Crippen LogP contribution < -0.4 is 5.32 Å². The molecule has 1 aromatic carbocycles. The van der Waals surface area contributed by atoms with Gasteiger partial charge in [0.05, 0.1) is 11.2 Å². The van der Waals surface area contributed by atoms with E-state index in [1.807, 2.05) is 31.2 Å². The van der Waals surface area contributed by atoms with Crippen LogP contribution in [0.3, 0.4) is 0 Å². The Morgan fingerprint density at radius 1 is 1.33 bits per heavy atom. The van der Waals surface area contributed by atoms with Crippen molar-refractivity contribution >= 4 is 28.8 Å². The zero-order chi connectivity index (χ0) is 13.0. The van der Waals surface area contributed by atoms with Crippen molar-refractivity contribution in [2.45, 2.75) is 19.3 Å². The molecule has 3 nitrogen and oxygen atoms in total. The van der Waals surface area contributed by atoms with Gasteiger partial charge in [0.15, 0.2) is 0 Å². The van der Waals surface area contributed by atoms with Crippen molar-refractivity contribution in [3.8, 4) is 0 Å². The second kappa shape index (κ2) is 5.98. The molecule has 1 N–H and O–H groups in total. The van der Waals surface area contributed by atoms with Crippen molar-refractivity contribution in [1.82, 2.24) is 10.3 Å². The minimum absolute atomic E-state index is 0.0728. The fourth-order valence-electron chi connectivity index (χ4n) is 1.53. The Hall–Kier alpha value is -1.39. The second-order valence-electron chi connectivity index (χ2n) is 3.90. The first kappa shape index (κ1) is 13.1. The van der Waals surface area contributed by atoms with Crippen LogP contribution >= 0.6 is 22.9 Å². The Kier molecular flexibility index (Phi) is 4.33. The predicted molar refractivity (Wildman–Crippen MR) is 74.0 cm³/mol. The van der Waals surface area contributed by atoms with E-state index in [9.17, 15) is 4.79 Å². The van der Waals surface area contributed by atoms with Gasteiger partial charge in [-0.2, -0.15) is 0 Å². The molecule has 1 aromatic heterocycles. The Morgan fingerprint density at radius 2 is 2.00 bits per heavy atom. The number of thiazole rings is 1. The normalized spacial score (nSPS) is 10.3. The highest BCUT2D eigenvalue weighted by Crippen LogP contribution is 2.12. The number of carbonyl (C=O) groups is 1. The summed E-state index contributed by atoms with van der Waals surface area (Å²) in [6.07, 6.45) is 0. The fourth-order valence-corrected chi connectivity index (χ4v) is 2.43. The average molecular weight is 281 g/mol. The Balaban J connectivity index is 1.95. The molecular weight excluding hydrogens is 268 g/mol. The van der Waals surface area contributed by atoms with E-state index in [0.717, 1.165) is 16.8 Å². The molecule has 0 fully saturated rings. The van der Waals surface area contributed by atoms with Crippen LogP contribution in [0.5, 0.6) is 0 Å². The standard InChI is InChI=1S/C13H13ClN2OS/c1-9-12(18-8-16-9)13(17)15-7-11-4-2-10(6-14)3-5-11/h2-5,8H,6-7H2,1H3,(H,15,17). The first-order chi connectivity index (χ1) is 8.70. The summed E-state index contributed by atoms with van der Waals surface area (Å²) in [5.74, 6) is 0.434. The minimum Gasteiger partial charge on any atom is -0.347 e. The van der Waals surface area contributed by atoms with Crippen LogP contribution in [0.25, 0.3) is 0 Å². The molecule has 1 heterocycles. The lowest BCUT2D eigenvalue weighted by atomic mass is 10.1. The number of hydrogen-bond acceptors (Lipinski definition) is 3. The van der Waals surface area contributed by atoms with Gasteiger partial charge in [-0.15, -0.1) is 22.9 Å². The van der Waals surface area contributed by atoms with Crippen molar-refractivity contribution in [2.24, 2.45) is 0 Å². The number of nitrogens with one attached hydrogen (secondary N) is 1. The van der Waals surface area contributed by atoms with Crippen LogP contribution in [0.15, 0.2) is 29.8 Å². The lowest BCUT2D eigenvalue weighted by Crippen LogP contribution is -2.22. The second-order valence-corrected chi connectivity index (χ2v) is 5.02. The number of alkyl halides is 1. The Labute approximate surface area is 115 Å². The van der Waals surface area contributed by atoms with E-state index in [1.165, 1.54) is 11.3 Å². The molecule has 2 aromatic rings. The number of amides is 1. The molecule has 0 atom stereocenters. The van der Waals surface area contributed by atoms with E-state index in [1.54, 1.807) is 5.51 Å². The van der Waals surface area contributed by atoms with Crippen molar-refractivity contribution in [3.63, 3.8) is 0 Å². The van der Waals surface area contributed by atoms with E-state index in [2.05, 4.69) is 10.3 Å². The highest BCUT2D eigenvalue weighted by molar-refractivity contribution is 7.11. The molecule has 5 heteroatoms. The molecule has 0 unspecified atom stereocenters. The van der Waals surface area contributed by atoms with Crippen LogP contribution in [-0.4, -0.2) is 10.9 Å². The van der Waals surface area contributed by atoms with E-state index in [-0.39, 0.29) is 5.91 Å². The van der Waals surface area contributed by atoms with E-state index in [0.29, 0.717) is 17.3 Å². The Bertz CT molecular complexity index is 536. The number of benzene rings is 1. The Morgan fingerprint density at radius 3 is 2.56 bits per heavy atom. The summed E-state index contributed by atoms with van der Waals surface area (Å²) in [6, 6.07) is 7.87. The molecule has 18 heavy (non-hydrogen) atoms. The van der Waals surface area contributed by atoms with Crippen molar-refractivity contribution in [2.75, 3.05) is 0 Å². The third-order valence-corrected chi connectivity index (χ3v) is 3.82. The van der Waals surface area contributed by atoms with Gasteiger partial charge in [-0.25, -0.2) is 4.98 Å². The predicted octanol–water partition coefficient (Wildman–Crippen LogP) is 3.12. The molecule has 0 aliphatic carbocycles. The smallest absolute Gasteiger partial charge is 0.263 e. The largest absolute Gasteiger partial charge is 0.347 e. The highest BCUT2D eigenvalue weighted by Gasteiger charge is 2.10. The van der Waals surface area contributed by atoms with Crippen molar-refractivity contribution < 1.29 is 4.79 Å². The van der Waals surface area contributed by atoms with Gasteiger partial charge in [-0.3, -0.25) is 4.79 Å². The summed E-state index contributed by atoms with van der Waals surface area (Å²) < 4.78 is 0. The maximum Gasteiger partial charge on any atom is 0.263 e. The summed E-state index contributed by atoms with van der Waals surface area (Å²) in [5.41, 5.74) is 4.58. The molecule has 0 radical (unpaired) electrons. The summed E-state index contributed by atoms with van der Waals surface area (Å²) in [7, 11) is 0. The molecule has 0 saturated heterocycles. The molecule has 0 aliphatic rings. The lowest BCUT2D eigenvalue weighted by Gasteiger charge is -2.05. The van der Waals surface area contributed by atoms with Gasteiger partial charge in [0.25, 0.3) is 5.91 Å². The number of carbonyl (C=O) groups excluding carboxylic acids is 1. The molecule has 1 amide bonds. The molecule has 0 aliphatic heterocycles. The first-order valence-corrected chi connectivity index (χ1v) is 6.94. The molecule has 0 saturated carbocycles. The maximum atomic E-state index is 11.9. The van der Waals surface area contributed by atoms with Gasteiger partial charge < -0.3 is 5.32 Å². The minimum atomic E-state index is -0.0728. The number of rotatable bonds is 4. The van der Waals surface area contributed by atoms with Crippen LogP contribution in [0.4, 0.5) is 0 Å². The number of hydrogen-bond donors (Lipinski definition) is 1. The average Bonchev–Trinajstić information content (AvgIpc) is 2.83. The van der Waals surface area contributed by atoms with Gasteiger partial charge in [-0.05, 0) is 18.1 Å². The third kappa shape index (κ3) is 3.09. The van der Waals surface area contributed by atoms with Crippen LogP contribution in [0, 0.1) is 6.92 Å². The molecular formula is C13H13ClN2OS. The quantitative estimate of drug-likeness (QED) is 0.875. The summed E-state index contributed by atoms with van der Waals surface area (Å²) in [6.45, 7) is 2.35. The van der Waals surface area contributed by atoms with Gasteiger partial charge in [0.2, 0.25) is 0 Å². The molecule has 0 spiro atoms. The van der Waals surface area contributed by atoms with E-state index >= 15 is 0 Å². The van der Waals surface area contributed by atoms with Crippen LogP contribution in [0.2, 0.25) is 0 Å². The number of halogens is 1. The monoisotopic (exact) mass is 280 g/mol. The first-order valence-electron chi connectivity index (χ1n) is 5.53. The van der Waals surface area contributed by atoms with E-state index < -0.39 is 0 Å². The third-order valence-electron chi connectivity index (χ3n) is 2.58. The zero-order valence-corrected chi connectivity index (χ0v) is 11.5. The molecule has 2 rings (SSSR count). The topological polar surface area (TPSA) is 42.0 Å². The molecule has 0 bridgehead atoms. The number of aromatic nitrogens is 1. The summed E-state index contributed by atoms with van der Waals surface area (Å²) >= 11 is 7.07. The summed E-state index contributed by atoms with van der Waals surface area (Å²) in [4.78, 5) is 16.6. The number of aryl methyl sites for hydroxylation is 1. The van der Waals surface area contributed by atoms with E-state index in [4.69, 9.17) is 11.6 Å². The number of nitrogens with zero attached hydrogens (tertiary/aromatic N) is 1. The SMILES string of the molecule is Cc1ncsc1C(=O)NCc1ccc(CCl)cc1. The van der Waals surface area contributed by atoms with Crippen molar-refractivity contribution in [1.29, 1.82) is 0 Å². The van der Waals surface area contributed by atoms with Crippen LogP contribution in [0.1, 0.15) is 26.5 Å². The lowest BCUT2D eigenvalue weighted by molar-refractivity contribution is 0.0954.